The molecule has 7 heteroatoms. The van der Waals surface area contributed by atoms with Crippen molar-refractivity contribution < 1.29 is 28.9 Å². The molecule has 23 heavy (non-hydrogen) atoms. The Labute approximate surface area is 137 Å². The summed E-state index contributed by atoms with van der Waals surface area (Å²) in [6.45, 7) is 4.79. The van der Waals surface area contributed by atoms with Crippen LogP contribution in [0.1, 0.15) is 32.1 Å². The van der Waals surface area contributed by atoms with Gasteiger partial charge in [0, 0.05) is 20.1 Å². The molecule has 0 aromatic heterocycles. The molecule has 1 saturated heterocycles. The van der Waals surface area contributed by atoms with Crippen LogP contribution in [-0.4, -0.2) is 67.7 Å². The molecule has 132 valence electrons. The van der Waals surface area contributed by atoms with Crippen molar-refractivity contribution in [3.63, 3.8) is 0 Å². The van der Waals surface area contributed by atoms with Crippen LogP contribution in [-0.2, 0) is 23.8 Å². The van der Waals surface area contributed by atoms with E-state index in [0.29, 0.717) is 19.6 Å². The Morgan fingerprint density at radius 2 is 2.22 bits per heavy atom. The first-order valence-electron chi connectivity index (χ1n) is 7.96. The number of carbonyl (C=O) groups excluding carboxylic acids is 1. The Bertz CT molecular complexity index is 381. The zero-order chi connectivity index (χ0) is 17.1. The number of amides is 1. The predicted molar refractivity (Wildman–Crippen MR) is 84.0 cm³/mol. The molecule has 0 radical (unpaired) electrons. The topological polar surface area (TPSA) is 85.3 Å². The van der Waals surface area contributed by atoms with E-state index in [1.165, 1.54) is 11.9 Å². The highest BCUT2D eigenvalue weighted by atomic mass is 16.7. The molecule has 2 unspecified atom stereocenters. The van der Waals surface area contributed by atoms with Gasteiger partial charge < -0.3 is 24.2 Å². The molecule has 0 saturated carbocycles. The molecule has 2 atom stereocenters. The largest absolute Gasteiger partial charge is 0.480 e. The summed E-state index contributed by atoms with van der Waals surface area (Å²) in [5.41, 5.74) is 0. The third kappa shape index (κ3) is 7.58. The minimum Gasteiger partial charge on any atom is -0.480 e. The molecule has 1 amide bonds. The maximum absolute atomic E-state index is 11.9. The van der Waals surface area contributed by atoms with Crippen molar-refractivity contribution in [3.8, 4) is 0 Å². The van der Waals surface area contributed by atoms with Crippen LogP contribution in [0.25, 0.3) is 0 Å². The maximum atomic E-state index is 11.9. The Balaban J connectivity index is 2.25. The molecule has 0 bridgehead atoms. The van der Waals surface area contributed by atoms with Gasteiger partial charge >= 0.3 is 5.97 Å². The van der Waals surface area contributed by atoms with Gasteiger partial charge in [-0.2, -0.15) is 0 Å². The molecule has 0 aromatic rings. The molecule has 1 aliphatic rings. The van der Waals surface area contributed by atoms with Crippen LogP contribution in [0, 0.1) is 0 Å². The highest BCUT2D eigenvalue weighted by Crippen LogP contribution is 2.13. The summed E-state index contributed by atoms with van der Waals surface area (Å²) in [5, 5.41) is 9.23. The Morgan fingerprint density at radius 3 is 2.83 bits per heavy atom. The summed E-state index contributed by atoms with van der Waals surface area (Å²) < 4.78 is 16.3. The lowest BCUT2D eigenvalue weighted by atomic mass is 10.2. The van der Waals surface area contributed by atoms with E-state index in [-0.39, 0.29) is 31.8 Å². The predicted octanol–water partition coefficient (Wildman–Crippen LogP) is 1.42. The van der Waals surface area contributed by atoms with E-state index in [2.05, 4.69) is 6.58 Å². The van der Waals surface area contributed by atoms with Crippen molar-refractivity contribution in [2.75, 3.05) is 33.5 Å². The quantitative estimate of drug-likeness (QED) is 0.456. The number of allylic oxidation sites excluding steroid dienone is 1. The molecule has 0 aliphatic carbocycles. The van der Waals surface area contributed by atoms with Crippen LogP contribution < -0.4 is 0 Å². The second-order valence-electron chi connectivity index (χ2n) is 5.43. The lowest BCUT2D eigenvalue weighted by Crippen LogP contribution is -2.45. The summed E-state index contributed by atoms with van der Waals surface area (Å²) in [7, 11) is 1.47. The minimum atomic E-state index is -1.09. The fourth-order valence-electron chi connectivity index (χ4n) is 2.20. The summed E-state index contributed by atoms with van der Waals surface area (Å²) in [5.74, 6) is -1.33. The van der Waals surface area contributed by atoms with Gasteiger partial charge in [0.05, 0.1) is 19.8 Å². The first-order chi connectivity index (χ1) is 11.1. The molecule has 7 nitrogen and oxygen atoms in total. The number of hydrogen-bond donors (Lipinski definition) is 1. The van der Waals surface area contributed by atoms with Gasteiger partial charge in [-0.25, -0.2) is 4.79 Å². The molecule has 1 rings (SSSR count). The third-order valence-corrected chi connectivity index (χ3v) is 3.65. The van der Waals surface area contributed by atoms with Crippen LogP contribution in [0.4, 0.5) is 0 Å². The molecule has 0 aromatic carbocycles. The van der Waals surface area contributed by atoms with Crippen molar-refractivity contribution >= 4 is 11.9 Å². The van der Waals surface area contributed by atoms with Gasteiger partial charge in [0.25, 0.3) is 0 Å². The summed E-state index contributed by atoms with van der Waals surface area (Å²) in [4.78, 5) is 24.4. The van der Waals surface area contributed by atoms with Gasteiger partial charge in [-0.3, -0.25) is 4.79 Å². The molecule has 0 spiro atoms. The van der Waals surface area contributed by atoms with Gasteiger partial charge in [0.2, 0.25) is 5.91 Å². The number of likely N-dealkylation sites (N-methyl/N-ethyl adjacent to an activating group) is 1. The first kappa shape index (κ1) is 19.6. The van der Waals surface area contributed by atoms with E-state index in [0.717, 1.165) is 19.3 Å². The van der Waals surface area contributed by atoms with Gasteiger partial charge in [0.1, 0.15) is 0 Å². The Morgan fingerprint density at radius 1 is 1.43 bits per heavy atom. The number of carboxylic acid groups (broad SMARTS) is 1. The van der Waals surface area contributed by atoms with E-state index in [4.69, 9.17) is 14.2 Å². The van der Waals surface area contributed by atoms with Crippen molar-refractivity contribution in [1.82, 2.24) is 4.90 Å². The van der Waals surface area contributed by atoms with E-state index >= 15 is 0 Å². The third-order valence-electron chi connectivity index (χ3n) is 3.65. The molecule has 1 fully saturated rings. The van der Waals surface area contributed by atoms with Crippen LogP contribution in [0.3, 0.4) is 0 Å². The number of nitrogens with zero attached hydrogens (tertiary/aromatic N) is 1. The van der Waals surface area contributed by atoms with Gasteiger partial charge in [-0.05, 0) is 25.7 Å². The Hall–Kier alpha value is -1.44. The molecule has 1 N–H and O–H groups in total. The smallest absolute Gasteiger partial charge is 0.328 e. The maximum Gasteiger partial charge on any atom is 0.328 e. The molecule has 1 heterocycles. The lowest BCUT2D eigenvalue weighted by Gasteiger charge is -2.25. The number of carboxylic acids is 1. The highest BCUT2D eigenvalue weighted by molar-refractivity contribution is 5.83. The SMILES string of the molecule is C=CCCC(=O)N(C)C(COCCOC1CCCCO1)C(=O)O. The second kappa shape index (κ2) is 11.2. The zero-order valence-electron chi connectivity index (χ0n) is 13.7. The second-order valence-corrected chi connectivity index (χ2v) is 5.43. The van der Waals surface area contributed by atoms with Gasteiger partial charge in [-0.1, -0.05) is 6.08 Å². The number of ether oxygens (including phenoxy) is 3. The number of carbonyl (C=O) groups is 2. The normalized spacial score (nSPS) is 19.1. The Kier molecular flexibility index (Phi) is 9.51. The lowest BCUT2D eigenvalue weighted by molar-refractivity contribution is -0.171. The fraction of sp³-hybridized carbons (Fsp3) is 0.750. The van der Waals surface area contributed by atoms with E-state index in [1.807, 2.05) is 0 Å². The summed E-state index contributed by atoms with van der Waals surface area (Å²) in [6, 6.07) is -1.00. The van der Waals surface area contributed by atoms with Gasteiger partial charge in [0.15, 0.2) is 12.3 Å². The van der Waals surface area contributed by atoms with E-state index in [1.54, 1.807) is 6.08 Å². The van der Waals surface area contributed by atoms with Crippen molar-refractivity contribution in [2.45, 2.75) is 44.4 Å². The summed E-state index contributed by atoms with van der Waals surface area (Å²) >= 11 is 0. The zero-order valence-corrected chi connectivity index (χ0v) is 13.7. The van der Waals surface area contributed by atoms with Crippen molar-refractivity contribution in [1.29, 1.82) is 0 Å². The van der Waals surface area contributed by atoms with Gasteiger partial charge in [-0.15, -0.1) is 6.58 Å². The van der Waals surface area contributed by atoms with E-state index in [9.17, 15) is 14.7 Å². The van der Waals surface area contributed by atoms with Crippen molar-refractivity contribution in [2.24, 2.45) is 0 Å². The summed E-state index contributed by atoms with van der Waals surface area (Å²) in [6.07, 6.45) is 5.22. The number of aliphatic carboxylic acids is 1. The van der Waals surface area contributed by atoms with Crippen LogP contribution in [0.5, 0.6) is 0 Å². The van der Waals surface area contributed by atoms with Crippen LogP contribution in [0.2, 0.25) is 0 Å². The average Bonchev–Trinajstić information content (AvgIpc) is 2.55. The monoisotopic (exact) mass is 329 g/mol. The standard InChI is InChI=1S/C16H27NO6/c1-3-4-7-14(18)17(2)13(16(19)20)12-21-10-11-23-15-8-5-6-9-22-15/h3,13,15H,1,4-12H2,2H3,(H,19,20). The first-order valence-corrected chi connectivity index (χ1v) is 7.96. The minimum absolute atomic E-state index is 0.0689. The number of rotatable bonds is 11. The average molecular weight is 329 g/mol. The molecule has 1 aliphatic heterocycles. The van der Waals surface area contributed by atoms with Crippen LogP contribution in [0.15, 0.2) is 12.7 Å². The fourth-order valence-corrected chi connectivity index (χ4v) is 2.20. The number of hydrogen-bond acceptors (Lipinski definition) is 5. The molecular weight excluding hydrogens is 302 g/mol. The van der Waals surface area contributed by atoms with E-state index < -0.39 is 12.0 Å². The van der Waals surface area contributed by atoms with Crippen molar-refractivity contribution in [3.05, 3.63) is 12.7 Å². The highest BCUT2D eigenvalue weighted by Gasteiger charge is 2.26. The van der Waals surface area contributed by atoms with Crippen LogP contribution >= 0.6 is 0 Å². The molecular formula is C16H27NO6.